The first-order chi connectivity index (χ1) is 8.16. The molecule has 1 N–H and O–H groups in total. The summed E-state index contributed by atoms with van der Waals surface area (Å²) in [5.41, 5.74) is 0. The van der Waals surface area contributed by atoms with Crippen molar-refractivity contribution < 1.29 is 0 Å². The van der Waals surface area contributed by atoms with E-state index in [0.29, 0.717) is 18.0 Å². The van der Waals surface area contributed by atoms with Gasteiger partial charge in [0, 0.05) is 11.8 Å². The van der Waals surface area contributed by atoms with Gasteiger partial charge < -0.3 is 5.32 Å². The van der Waals surface area contributed by atoms with E-state index in [1.807, 2.05) is 11.8 Å². The second kappa shape index (κ2) is 6.12. The molecule has 0 saturated heterocycles. The molecule has 0 amide bonds. The molecule has 3 unspecified atom stereocenters. The van der Waals surface area contributed by atoms with E-state index in [9.17, 15) is 0 Å². The van der Waals surface area contributed by atoms with Crippen molar-refractivity contribution >= 4 is 16.9 Å². The molecule has 17 heavy (non-hydrogen) atoms. The van der Waals surface area contributed by atoms with E-state index in [4.69, 9.17) is 4.99 Å². The number of aliphatic imine (C=N–C) groups is 1. The van der Waals surface area contributed by atoms with Crippen molar-refractivity contribution in [1.29, 1.82) is 0 Å². The average molecular weight is 254 g/mol. The Kier molecular flexibility index (Phi) is 4.78. The highest BCUT2D eigenvalue weighted by Crippen LogP contribution is 2.26. The largest absolute Gasteiger partial charge is 0.362 e. The maximum absolute atomic E-state index is 4.82. The molecule has 1 aliphatic heterocycles. The minimum atomic E-state index is 0.531. The summed E-state index contributed by atoms with van der Waals surface area (Å²) in [6, 6.07) is 1.19. The molecule has 0 aromatic heterocycles. The van der Waals surface area contributed by atoms with E-state index in [1.54, 1.807) is 0 Å². The Balaban J connectivity index is 1.89. The molecule has 1 fully saturated rings. The van der Waals surface area contributed by atoms with Gasteiger partial charge >= 0.3 is 0 Å². The molecule has 1 heterocycles. The first-order valence-electron chi connectivity index (χ1n) is 7.14. The molecule has 98 valence electrons. The molecular formula is C14H26N2S. The standard InChI is InChI=1S/C14H26N2S/c1-10(2)13-9-17-14(16-13)15-12-8-6-4-5-7-11(12)3/h10-13H,4-9H2,1-3H3,(H,15,16). The number of hydrogen-bond donors (Lipinski definition) is 1. The quantitative estimate of drug-likeness (QED) is 0.760. The predicted molar refractivity (Wildman–Crippen MR) is 77.7 cm³/mol. The van der Waals surface area contributed by atoms with Crippen molar-refractivity contribution in [1.82, 2.24) is 5.32 Å². The van der Waals surface area contributed by atoms with E-state index in [-0.39, 0.29) is 0 Å². The summed E-state index contributed by atoms with van der Waals surface area (Å²) in [5, 5.41) is 4.92. The summed E-state index contributed by atoms with van der Waals surface area (Å²) < 4.78 is 0. The highest BCUT2D eigenvalue weighted by atomic mass is 32.2. The van der Waals surface area contributed by atoms with Gasteiger partial charge in [-0.1, -0.05) is 51.8 Å². The topological polar surface area (TPSA) is 24.4 Å². The van der Waals surface area contributed by atoms with Crippen molar-refractivity contribution in [3.05, 3.63) is 0 Å². The Hall–Kier alpha value is -0.180. The summed E-state index contributed by atoms with van der Waals surface area (Å²) in [4.78, 5) is 4.82. The predicted octanol–water partition coefficient (Wildman–Crippen LogP) is 3.67. The zero-order valence-corrected chi connectivity index (χ0v) is 12.2. The second-order valence-electron chi connectivity index (χ2n) is 5.92. The van der Waals surface area contributed by atoms with Gasteiger partial charge in [0.05, 0.1) is 6.04 Å². The lowest BCUT2D eigenvalue weighted by Gasteiger charge is -2.23. The highest BCUT2D eigenvalue weighted by molar-refractivity contribution is 8.14. The summed E-state index contributed by atoms with van der Waals surface area (Å²) >= 11 is 1.92. The molecule has 0 aromatic rings. The van der Waals surface area contributed by atoms with Crippen LogP contribution in [0.2, 0.25) is 0 Å². The first kappa shape index (κ1) is 13.3. The van der Waals surface area contributed by atoms with Gasteiger partial charge in [-0.05, 0) is 24.7 Å². The number of hydrogen-bond acceptors (Lipinski definition) is 3. The lowest BCUT2D eigenvalue weighted by molar-refractivity contribution is 0.401. The zero-order chi connectivity index (χ0) is 12.3. The van der Waals surface area contributed by atoms with Gasteiger partial charge in [0.25, 0.3) is 0 Å². The Morgan fingerprint density at radius 1 is 1.24 bits per heavy atom. The third-order valence-electron chi connectivity index (χ3n) is 4.11. The van der Waals surface area contributed by atoms with Gasteiger partial charge in [0.2, 0.25) is 0 Å². The van der Waals surface area contributed by atoms with Crippen molar-refractivity contribution in [2.45, 2.75) is 65.0 Å². The molecule has 3 atom stereocenters. The van der Waals surface area contributed by atoms with E-state index >= 15 is 0 Å². The molecule has 1 saturated carbocycles. The van der Waals surface area contributed by atoms with Crippen LogP contribution in [0.25, 0.3) is 0 Å². The third-order valence-corrected chi connectivity index (χ3v) is 5.12. The molecule has 0 aromatic carbocycles. The monoisotopic (exact) mass is 254 g/mol. The van der Waals surface area contributed by atoms with Crippen LogP contribution in [0.4, 0.5) is 0 Å². The summed E-state index contributed by atoms with van der Waals surface area (Å²) in [7, 11) is 0. The smallest absolute Gasteiger partial charge is 0.157 e. The molecule has 2 nitrogen and oxygen atoms in total. The van der Waals surface area contributed by atoms with Gasteiger partial charge in [-0.15, -0.1) is 0 Å². The normalized spacial score (nSPS) is 34.6. The van der Waals surface area contributed by atoms with Gasteiger partial charge in [-0.2, -0.15) is 0 Å². The average Bonchev–Trinajstić information content (AvgIpc) is 2.66. The highest BCUT2D eigenvalue weighted by Gasteiger charge is 2.25. The molecule has 0 radical (unpaired) electrons. The lowest BCUT2D eigenvalue weighted by Crippen LogP contribution is -2.37. The summed E-state index contributed by atoms with van der Waals surface area (Å²) in [6.07, 6.45) is 6.91. The Labute approximate surface area is 110 Å². The van der Waals surface area contributed by atoms with E-state index < -0.39 is 0 Å². The third kappa shape index (κ3) is 3.64. The van der Waals surface area contributed by atoms with Crippen molar-refractivity contribution in [2.75, 3.05) is 5.75 Å². The molecule has 1 aliphatic carbocycles. The Morgan fingerprint density at radius 2 is 2.00 bits per heavy atom. The summed E-state index contributed by atoms with van der Waals surface area (Å²) in [5.74, 6) is 2.65. The summed E-state index contributed by atoms with van der Waals surface area (Å²) in [6.45, 7) is 6.93. The van der Waals surface area contributed by atoms with Crippen molar-refractivity contribution in [3.63, 3.8) is 0 Å². The van der Waals surface area contributed by atoms with Crippen LogP contribution in [0.1, 0.15) is 52.9 Å². The second-order valence-corrected chi connectivity index (χ2v) is 6.93. The van der Waals surface area contributed by atoms with Crippen LogP contribution in [-0.4, -0.2) is 23.0 Å². The number of amidine groups is 1. The van der Waals surface area contributed by atoms with Crippen molar-refractivity contribution in [3.8, 4) is 0 Å². The van der Waals surface area contributed by atoms with Gasteiger partial charge in [0.1, 0.15) is 0 Å². The van der Waals surface area contributed by atoms with Crippen LogP contribution >= 0.6 is 11.8 Å². The SMILES string of the molecule is CC(C)C1CSC(NC2CCCCCC2C)=N1. The van der Waals surface area contributed by atoms with Gasteiger partial charge in [-0.25, -0.2) is 0 Å². The zero-order valence-electron chi connectivity index (χ0n) is 11.4. The van der Waals surface area contributed by atoms with Gasteiger partial charge in [-0.3, -0.25) is 4.99 Å². The van der Waals surface area contributed by atoms with Crippen LogP contribution in [0.15, 0.2) is 4.99 Å². The molecule has 2 rings (SSSR count). The maximum atomic E-state index is 4.82. The minimum Gasteiger partial charge on any atom is -0.362 e. The van der Waals surface area contributed by atoms with E-state index in [1.165, 1.54) is 43.0 Å². The van der Waals surface area contributed by atoms with Crippen LogP contribution in [-0.2, 0) is 0 Å². The number of rotatable bonds is 2. The van der Waals surface area contributed by atoms with Crippen LogP contribution < -0.4 is 5.32 Å². The fourth-order valence-corrected chi connectivity index (χ4v) is 3.91. The molecule has 0 spiro atoms. The Morgan fingerprint density at radius 3 is 2.71 bits per heavy atom. The van der Waals surface area contributed by atoms with E-state index in [0.717, 1.165) is 5.92 Å². The molecule has 3 heteroatoms. The van der Waals surface area contributed by atoms with Crippen molar-refractivity contribution in [2.24, 2.45) is 16.8 Å². The van der Waals surface area contributed by atoms with Crippen LogP contribution in [0.3, 0.4) is 0 Å². The number of nitrogens with one attached hydrogen (secondary N) is 1. The fraction of sp³-hybridized carbons (Fsp3) is 0.929. The van der Waals surface area contributed by atoms with E-state index in [2.05, 4.69) is 26.1 Å². The minimum absolute atomic E-state index is 0.531. The Bertz CT molecular complexity index is 275. The number of nitrogens with zero attached hydrogens (tertiary/aromatic N) is 1. The first-order valence-corrected chi connectivity index (χ1v) is 8.12. The maximum Gasteiger partial charge on any atom is 0.157 e. The molecule has 2 aliphatic rings. The fourth-order valence-electron chi connectivity index (χ4n) is 2.68. The molecule has 0 bridgehead atoms. The molecular weight excluding hydrogens is 228 g/mol. The van der Waals surface area contributed by atoms with Crippen LogP contribution in [0, 0.1) is 11.8 Å². The lowest BCUT2D eigenvalue weighted by atomic mass is 9.97. The van der Waals surface area contributed by atoms with Gasteiger partial charge in [0.15, 0.2) is 5.17 Å². The number of thioether (sulfide) groups is 1. The van der Waals surface area contributed by atoms with Crippen LogP contribution in [0.5, 0.6) is 0 Å².